The number of carbonyl (C=O) groups is 1. The number of hydrogen-bond acceptors (Lipinski definition) is 2. The second-order valence-corrected chi connectivity index (χ2v) is 7.28. The van der Waals surface area contributed by atoms with Gasteiger partial charge >= 0.3 is 0 Å². The highest BCUT2D eigenvalue weighted by Gasteiger charge is 2.18. The molecule has 3 nitrogen and oxygen atoms in total. The fourth-order valence-electron chi connectivity index (χ4n) is 2.86. The Hall–Kier alpha value is -1.77. The molecule has 126 valence electrons. The summed E-state index contributed by atoms with van der Waals surface area (Å²) < 4.78 is 5.65. The van der Waals surface area contributed by atoms with E-state index in [1.807, 2.05) is 11.0 Å². The van der Waals surface area contributed by atoms with E-state index in [1.54, 1.807) is 6.26 Å². The number of nitrogens with zero attached hydrogens (tertiary/aromatic N) is 1. The van der Waals surface area contributed by atoms with E-state index >= 15 is 0 Å². The molecule has 0 saturated carbocycles. The van der Waals surface area contributed by atoms with Gasteiger partial charge in [0.2, 0.25) is 5.91 Å². The lowest BCUT2D eigenvalue weighted by Crippen LogP contribution is -2.33. The predicted molar refractivity (Wildman–Crippen MR) is 95.8 cm³/mol. The van der Waals surface area contributed by atoms with Crippen molar-refractivity contribution in [1.29, 1.82) is 0 Å². The molecule has 1 amide bonds. The maximum atomic E-state index is 12.6. The maximum absolute atomic E-state index is 12.6. The van der Waals surface area contributed by atoms with E-state index in [0.29, 0.717) is 6.42 Å². The van der Waals surface area contributed by atoms with E-state index in [9.17, 15) is 4.79 Å². The normalized spacial score (nSPS) is 11.9. The van der Waals surface area contributed by atoms with Gasteiger partial charge in [0.15, 0.2) is 0 Å². The van der Waals surface area contributed by atoms with E-state index in [2.05, 4.69) is 46.8 Å². The molecule has 1 aromatic carbocycles. The second kappa shape index (κ2) is 7.20. The van der Waals surface area contributed by atoms with Crippen LogP contribution in [-0.4, -0.2) is 23.9 Å². The summed E-state index contributed by atoms with van der Waals surface area (Å²) in [5, 5.41) is 1.07. The van der Waals surface area contributed by atoms with Crippen molar-refractivity contribution in [3.63, 3.8) is 0 Å². The lowest BCUT2D eigenvalue weighted by Gasteiger charge is -2.21. The van der Waals surface area contributed by atoms with Crippen LogP contribution in [-0.2, 0) is 16.6 Å². The van der Waals surface area contributed by atoms with Crippen molar-refractivity contribution in [1.82, 2.24) is 4.90 Å². The van der Waals surface area contributed by atoms with Crippen LogP contribution in [0.2, 0.25) is 0 Å². The molecule has 0 aliphatic heterocycles. The average molecular weight is 315 g/mol. The van der Waals surface area contributed by atoms with E-state index in [1.165, 1.54) is 5.56 Å². The summed E-state index contributed by atoms with van der Waals surface area (Å²) in [4.78, 5) is 14.6. The van der Waals surface area contributed by atoms with E-state index < -0.39 is 0 Å². The Morgan fingerprint density at radius 1 is 1.13 bits per heavy atom. The quantitative estimate of drug-likeness (QED) is 0.758. The first kappa shape index (κ1) is 17.6. The fraction of sp³-hybridized carbons (Fsp3) is 0.550. The fourth-order valence-corrected chi connectivity index (χ4v) is 2.86. The molecule has 0 aliphatic rings. The molecular formula is C20H29NO2. The molecule has 2 aromatic rings. The first-order chi connectivity index (χ1) is 10.9. The topological polar surface area (TPSA) is 33.5 Å². The van der Waals surface area contributed by atoms with Gasteiger partial charge in [0.25, 0.3) is 0 Å². The summed E-state index contributed by atoms with van der Waals surface area (Å²) in [6.07, 6.45) is 4.14. The van der Waals surface area contributed by atoms with Crippen LogP contribution in [0.5, 0.6) is 0 Å². The van der Waals surface area contributed by atoms with Crippen LogP contribution in [0.15, 0.2) is 28.9 Å². The number of furan rings is 1. The van der Waals surface area contributed by atoms with Crippen molar-refractivity contribution < 1.29 is 9.21 Å². The molecule has 1 heterocycles. The summed E-state index contributed by atoms with van der Waals surface area (Å²) >= 11 is 0. The summed E-state index contributed by atoms with van der Waals surface area (Å²) in [5.41, 5.74) is 3.20. The first-order valence-electron chi connectivity index (χ1n) is 8.65. The number of rotatable bonds is 6. The average Bonchev–Trinajstić information content (AvgIpc) is 2.88. The van der Waals surface area contributed by atoms with Crippen molar-refractivity contribution >= 4 is 16.9 Å². The first-order valence-corrected chi connectivity index (χ1v) is 8.65. The number of amides is 1. The second-order valence-electron chi connectivity index (χ2n) is 7.28. The minimum absolute atomic E-state index is 0.0865. The van der Waals surface area contributed by atoms with Gasteiger partial charge in [-0.05, 0) is 36.0 Å². The van der Waals surface area contributed by atoms with Gasteiger partial charge in [-0.2, -0.15) is 0 Å². The summed E-state index contributed by atoms with van der Waals surface area (Å²) in [6, 6.07) is 6.29. The molecule has 0 bridgehead atoms. The van der Waals surface area contributed by atoms with Crippen LogP contribution < -0.4 is 0 Å². The molecule has 0 saturated heterocycles. The third-order valence-corrected chi connectivity index (χ3v) is 4.20. The molecule has 0 fully saturated rings. The highest BCUT2D eigenvalue weighted by Crippen LogP contribution is 2.29. The van der Waals surface area contributed by atoms with Crippen LogP contribution in [0.25, 0.3) is 11.0 Å². The lowest BCUT2D eigenvalue weighted by molar-refractivity contribution is -0.130. The van der Waals surface area contributed by atoms with E-state index in [4.69, 9.17) is 4.42 Å². The van der Waals surface area contributed by atoms with Crippen molar-refractivity contribution in [3.05, 3.63) is 35.6 Å². The SMILES string of the molecule is CCCN(CCC)C(=O)Cc1coc2ccc(C(C)(C)C)cc12. The van der Waals surface area contributed by atoms with Crippen LogP contribution in [0.3, 0.4) is 0 Å². The van der Waals surface area contributed by atoms with E-state index in [-0.39, 0.29) is 11.3 Å². The molecule has 0 spiro atoms. The third kappa shape index (κ3) is 4.15. The Bertz CT molecular complexity index is 658. The molecule has 3 heteroatoms. The van der Waals surface area contributed by atoms with Gasteiger partial charge in [-0.1, -0.05) is 40.7 Å². The minimum atomic E-state index is 0.0865. The number of hydrogen-bond donors (Lipinski definition) is 0. The highest BCUT2D eigenvalue weighted by molar-refractivity contribution is 5.88. The Morgan fingerprint density at radius 2 is 1.78 bits per heavy atom. The maximum Gasteiger partial charge on any atom is 0.227 e. The monoisotopic (exact) mass is 315 g/mol. The van der Waals surface area contributed by atoms with E-state index in [0.717, 1.165) is 42.5 Å². The smallest absolute Gasteiger partial charge is 0.227 e. The van der Waals surface area contributed by atoms with Crippen molar-refractivity contribution in [3.8, 4) is 0 Å². The van der Waals surface area contributed by atoms with Crippen LogP contribution >= 0.6 is 0 Å². The standard InChI is InChI=1S/C20H29NO2/c1-6-10-21(11-7-2)19(22)12-15-14-23-18-9-8-16(13-17(15)18)20(3,4)5/h8-9,13-14H,6-7,10-12H2,1-5H3. The zero-order chi connectivity index (χ0) is 17.0. The van der Waals surface area contributed by atoms with Crippen molar-refractivity contribution in [2.75, 3.05) is 13.1 Å². The molecular weight excluding hydrogens is 286 g/mol. The van der Waals surface area contributed by atoms with Crippen LogP contribution in [0.1, 0.15) is 58.6 Å². The summed E-state index contributed by atoms with van der Waals surface area (Å²) in [6.45, 7) is 12.5. The Morgan fingerprint density at radius 3 is 2.35 bits per heavy atom. The summed E-state index contributed by atoms with van der Waals surface area (Å²) in [5.74, 6) is 0.192. The molecule has 0 radical (unpaired) electrons. The molecule has 0 unspecified atom stereocenters. The number of carbonyl (C=O) groups excluding carboxylic acids is 1. The van der Waals surface area contributed by atoms with Gasteiger partial charge in [-0.3, -0.25) is 4.79 Å². The van der Waals surface area contributed by atoms with Crippen LogP contribution in [0.4, 0.5) is 0 Å². The summed E-state index contributed by atoms with van der Waals surface area (Å²) in [7, 11) is 0. The van der Waals surface area contributed by atoms with Gasteiger partial charge < -0.3 is 9.32 Å². The largest absolute Gasteiger partial charge is 0.464 e. The molecule has 23 heavy (non-hydrogen) atoms. The molecule has 2 rings (SSSR count). The molecule has 1 aromatic heterocycles. The zero-order valence-corrected chi connectivity index (χ0v) is 15.1. The third-order valence-electron chi connectivity index (χ3n) is 4.20. The highest BCUT2D eigenvalue weighted by atomic mass is 16.3. The van der Waals surface area contributed by atoms with Gasteiger partial charge in [0.1, 0.15) is 5.58 Å². The Balaban J connectivity index is 2.27. The minimum Gasteiger partial charge on any atom is -0.464 e. The van der Waals surface area contributed by atoms with Crippen molar-refractivity contribution in [2.24, 2.45) is 0 Å². The van der Waals surface area contributed by atoms with Gasteiger partial charge in [-0.25, -0.2) is 0 Å². The van der Waals surface area contributed by atoms with Gasteiger partial charge in [0.05, 0.1) is 12.7 Å². The number of benzene rings is 1. The van der Waals surface area contributed by atoms with Crippen molar-refractivity contribution in [2.45, 2.75) is 59.3 Å². The Labute approximate surface area is 139 Å². The lowest BCUT2D eigenvalue weighted by atomic mass is 9.86. The molecule has 0 aliphatic carbocycles. The predicted octanol–water partition coefficient (Wildman–Crippen LogP) is 4.92. The molecule has 0 atom stereocenters. The van der Waals surface area contributed by atoms with Gasteiger partial charge in [0, 0.05) is 24.0 Å². The van der Waals surface area contributed by atoms with Gasteiger partial charge in [-0.15, -0.1) is 0 Å². The molecule has 0 N–H and O–H groups in total. The Kier molecular flexibility index (Phi) is 5.51. The zero-order valence-electron chi connectivity index (χ0n) is 15.1. The number of fused-ring (bicyclic) bond motifs is 1. The van der Waals surface area contributed by atoms with Crippen LogP contribution in [0, 0.1) is 0 Å².